The van der Waals surface area contributed by atoms with Crippen LogP contribution in [0, 0.1) is 11.6 Å². The third-order valence-electron chi connectivity index (χ3n) is 3.89. The van der Waals surface area contributed by atoms with E-state index in [1.54, 1.807) is 13.2 Å². The molecule has 0 aliphatic rings. The molecule has 0 bridgehead atoms. The summed E-state index contributed by atoms with van der Waals surface area (Å²) in [5, 5.41) is 12.9. The van der Waals surface area contributed by atoms with Gasteiger partial charge in [0.1, 0.15) is 22.8 Å². The molecule has 8 heteroatoms. The molecule has 28 heavy (non-hydrogen) atoms. The Hall–Kier alpha value is -2.45. The van der Waals surface area contributed by atoms with Crippen LogP contribution >= 0.6 is 11.8 Å². The highest BCUT2D eigenvalue weighted by atomic mass is 32.2. The first-order chi connectivity index (χ1) is 13.2. The van der Waals surface area contributed by atoms with Crippen molar-refractivity contribution < 1.29 is 28.2 Å². The molecule has 2 aromatic rings. The molecule has 2 atom stereocenters. The normalized spacial score (nSPS) is 12.9. The minimum atomic E-state index is -1.01. The summed E-state index contributed by atoms with van der Waals surface area (Å²) in [6.45, 7) is 3.02. The number of halogens is 2. The summed E-state index contributed by atoms with van der Waals surface area (Å²) < 4.78 is 32.6. The summed E-state index contributed by atoms with van der Waals surface area (Å²) in [4.78, 5) is 23.2. The molecule has 2 unspecified atom stereocenters. The Morgan fingerprint density at radius 2 is 1.93 bits per heavy atom. The number of hydrogen-bond acceptors (Lipinski definition) is 5. The summed E-state index contributed by atoms with van der Waals surface area (Å²) >= 11 is 1.11. The molecule has 150 valence electrons. The monoisotopic (exact) mass is 409 g/mol. The van der Waals surface area contributed by atoms with Crippen LogP contribution in [0.1, 0.15) is 31.3 Å². The Kier molecular flexibility index (Phi) is 7.53. The fourth-order valence-electron chi connectivity index (χ4n) is 2.66. The first-order valence-electron chi connectivity index (χ1n) is 8.49. The van der Waals surface area contributed by atoms with Gasteiger partial charge in [0.2, 0.25) is 5.91 Å². The number of rotatable bonds is 7. The van der Waals surface area contributed by atoms with E-state index < -0.39 is 29.1 Å². The first-order valence-corrected chi connectivity index (χ1v) is 9.78. The largest absolute Gasteiger partial charge is 0.426 e. The van der Waals surface area contributed by atoms with Crippen LogP contribution in [0.25, 0.3) is 11.1 Å². The predicted octanol–water partition coefficient (Wildman–Crippen LogP) is 3.81. The summed E-state index contributed by atoms with van der Waals surface area (Å²) in [5.74, 6) is -2.14. The van der Waals surface area contributed by atoms with E-state index in [2.05, 4.69) is 5.32 Å². The van der Waals surface area contributed by atoms with Gasteiger partial charge in [0.15, 0.2) is 0 Å². The first kappa shape index (κ1) is 21.8. The number of thioether (sulfide) groups is 1. The van der Waals surface area contributed by atoms with Crippen molar-refractivity contribution >= 4 is 23.6 Å². The lowest BCUT2D eigenvalue weighted by Crippen LogP contribution is -2.33. The van der Waals surface area contributed by atoms with Crippen molar-refractivity contribution in [1.82, 2.24) is 5.32 Å². The van der Waals surface area contributed by atoms with E-state index in [4.69, 9.17) is 4.74 Å². The number of amides is 1. The van der Waals surface area contributed by atoms with Crippen molar-refractivity contribution in [3.8, 4) is 16.9 Å². The van der Waals surface area contributed by atoms with Crippen molar-refractivity contribution in [1.29, 1.82) is 0 Å². The maximum Gasteiger partial charge on any atom is 0.313 e. The maximum atomic E-state index is 14.1. The van der Waals surface area contributed by atoms with Crippen molar-refractivity contribution in [2.24, 2.45) is 0 Å². The van der Waals surface area contributed by atoms with Gasteiger partial charge < -0.3 is 15.2 Å². The molecule has 2 aromatic carbocycles. The molecule has 5 nitrogen and oxygen atoms in total. The Bertz CT molecular complexity index is 875. The van der Waals surface area contributed by atoms with Crippen LogP contribution in [0.15, 0.2) is 36.4 Å². The molecule has 2 rings (SSSR count). The molecule has 0 heterocycles. The Morgan fingerprint density at radius 3 is 2.54 bits per heavy atom. The fourth-order valence-corrected chi connectivity index (χ4v) is 3.10. The quantitative estimate of drug-likeness (QED) is 0.413. The second kappa shape index (κ2) is 9.66. The van der Waals surface area contributed by atoms with Crippen molar-refractivity contribution in [2.75, 3.05) is 6.26 Å². The van der Waals surface area contributed by atoms with Crippen LogP contribution < -0.4 is 10.1 Å². The third-order valence-corrected chi connectivity index (χ3v) is 4.59. The van der Waals surface area contributed by atoms with Gasteiger partial charge >= 0.3 is 5.97 Å². The van der Waals surface area contributed by atoms with Crippen LogP contribution in [0.3, 0.4) is 0 Å². The van der Waals surface area contributed by atoms with Crippen LogP contribution in [-0.4, -0.2) is 29.3 Å². The highest BCUT2D eigenvalue weighted by Crippen LogP contribution is 2.36. The molecule has 0 aliphatic carbocycles. The van der Waals surface area contributed by atoms with Crippen LogP contribution in [0.5, 0.6) is 5.75 Å². The second-order valence-electron chi connectivity index (χ2n) is 6.24. The molecule has 2 N–H and O–H groups in total. The van der Waals surface area contributed by atoms with Gasteiger partial charge in [-0.15, -0.1) is 11.8 Å². The molecule has 0 aliphatic heterocycles. The third kappa shape index (κ3) is 5.77. The number of carbonyl (C=O) groups excluding carboxylic acids is 2. The van der Waals surface area contributed by atoms with E-state index >= 15 is 0 Å². The van der Waals surface area contributed by atoms with Gasteiger partial charge in [0, 0.05) is 30.2 Å². The van der Waals surface area contributed by atoms with Gasteiger partial charge in [-0.25, -0.2) is 8.78 Å². The maximum absolute atomic E-state index is 14.1. The highest BCUT2D eigenvalue weighted by Gasteiger charge is 2.19. The van der Waals surface area contributed by atoms with Crippen LogP contribution in [0.2, 0.25) is 0 Å². The van der Waals surface area contributed by atoms with Crippen molar-refractivity contribution in [3.63, 3.8) is 0 Å². The van der Waals surface area contributed by atoms with Crippen molar-refractivity contribution in [2.45, 2.75) is 31.7 Å². The topological polar surface area (TPSA) is 75.6 Å². The van der Waals surface area contributed by atoms with E-state index in [-0.39, 0.29) is 29.2 Å². The average molecular weight is 409 g/mol. The van der Waals surface area contributed by atoms with Gasteiger partial charge in [-0.1, -0.05) is 6.07 Å². The van der Waals surface area contributed by atoms with Gasteiger partial charge in [-0.2, -0.15) is 0 Å². The minimum absolute atomic E-state index is 0.0529. The van der Waals surface area contributed by atoms with E-state index in [9.17, 15) is 23.5 Å². The van der Waals surface area contributed by atoms with E-state index in [0.717, 1.165) is 23.9 Å². The highest BCUT2D eigenvalue weighted by molar-refractivity contribution is 7.98. The molecule has 0 radical (unpaired) electrons. The zero-order chi connectivity index (χ0) is 20.8. The summed E-state index contributed by atoms with van der Waals surface area (Å²) in [5.41, 5.74) is -0.159. The number of esters is 1. The smallest absolute Gasteiger partial charge is 0.313 e. The Morgan fingerprint density at radius 1 is 1.21 bits per heavy atom. The van der Waals surface area contributed by atoms with Gasteiger partial charge in [-0.3, -0.25) is 9.59 Å². The molecule has 0 saturated heterocycles. The number of aliphatic hydroxyl groups excluding tert-OH is 1. The Labute approximate surface area is 166 Å². The zero-order valence-corrected chi connectivity index (χ0v) is 16.5. The number of benzene rings is 2. The lowest BCUT2D eigenvalue weighted by molar-refractivity contribution is -0.135. The molecule has 0 fully saturated rings. The predicted molar refractivity (Wildman–Crippen MR) is 104 cm³/mol. The zero-order valence-electron chi connectivity index (χ0n) is 15.7. The van der Waals surface area contributed by atoms with E-state index in [1.807, 2.05) is 0 Å². The number of carbonyl (C=O) groups is 2. The number of hydrogen-bond donors (Lipinski definition) is 2. The summed E-state index contributed by atoms with van der Waals surface area (Å²) in [6.07, 6.45) is 1.61. The molecular weight excluding hydrogens is 388 g/mol. The summed E-state index contributed by atoms with van der Waals surface area (Å²) in [6, 6.07) is 7.28. The fraction of sp³-hybridized carbons (Fsp3) is 0.300. The minimum Gasteiger partial charge on any atom is -0.426 e. The number of aliphatic hydroxyl groups is 1. The lowest BCUT2D eigenvalue weighted by Gasteiger charge is -2.17. The SMILES string of the molecule is CSC(O)c1cc(-c2ccc(F)cc2F)ccc1OC(=O)CC(C)NC(C)=O. The molecule has 0 aromatic heterocycles. The molecule has 0 saturated carbocycles. The Balaban J connectivity index is 2.29. The number of nitrogens with one attached hydrogen (secondary N) is 1. The molecule has 0 spiro atoms. The lowest BCUT2D eigenvalue weighted by atomic mass is 10.0. The average Bonchev–Trinajstić information content (AvgIpc) is 2.60. The molecule has 1 amide bonds. The standard InChI is InChI=1S/C20H21F2NO4S/c1-11(23-12(2)24)8-19(25)27-18-7-4-13(9-16(18)20(26)28-3)15-6-5-14(21)10-17(15)22/h4-7,9-11,20,26H,8H2,1-3H3,(H,23,24). The summed E-state index contributed by atoms with van der Waals surface area (Å²) in [7, 11) is 0. The van der Waals surface area contributed by atoms with Gasteiger partial charge in [0.25, 0.3) is 0 Å². The van der Waals surface area contributed by atoms with Crippen LogP contribution in [-0.2, 0) is 9.59 Å². The van der Waals surface area contributed by atoms with E-state index in [0.29, 0.717) is 5.56 Å². The second-order valence-corrected chi connectivity index (χ2v) is 7.16. The van der Waals surface area contributed by atoms with E-state index in [1.165, 1.54) is 31.2 Å². The van der Waals surface area contributed by atoms with Crippen LogP contribution in [0.4, 0.5) is 8.78 Å². The number of ether oxygens (including phenoxy) is 1. The molecular formula is C20H21F2NO4S. The van der Waals surface area contributed by atoms with Gasteiger partial charge in [-0.05, 0) is 43.0 Å². The van der Waals surface area contributed by atoms with Crippen molar-refractivity contribution in [3.05, 3.63) is 53.6 Å². The van der Waals surface area contributed by atoms with Gasteiger partial charge in [0.05, 0.1) is 6.42 Å².